The molecule has 0 aliphatic carbocycles. The van der Waals surface area contributed by atoms with Crippen LogP contribution < -0.4 is 5.32 Å². The zero-order chi connectivity index (χ0) is 17.9. The third-order valence-corrected chi connectivity index (χ3v) is 6.31. The molecule has 0 fully saturated rings. The van der Waals surface area contributed by atoms with Gasteiger partial charge in [-0.05, 0) is 33.7 Å². The van der Waals surface area contributed by atoms with E-state index < -0.39 is 8.80 Å². The van der Waals surface area contributed by atoms with Crippen LogP contribution in [0, 0.1) is 0 Å². The minimum Gasteiger partial charge on any atom is -0.382 e. The molecule has 0 radical (unpaired) electrons. The molecule has 24 heavy (non-hydrogen) atoms. The van der Waals surface area contributed by atoms with E-state index in [1.54, 1.807) is 7.11 Å². The van der Waals surface area contributed by atoms with Crippen molar-refractivity contribution < 1.29 is 27.5 Å². The van der Waals surface area contributed by atoms with Gasteiger partial charge in [0.05, 0.1) is 33.0 Å². The van der Waals surface area contributed by atoms with Gasteiger partial charge >= 0.3 is 8.80 Å². The van der Waals surface area contributed by atoms with Crippen LogP contribution in [0.3, 0.4) is 0 Å². The third kappa shape index (κ3) is 13.3. The van der Waals surface area contributed by atoms with Gasteiger partial charge in [-0.1, -0.05) is 0 Å². The molecule has 0 aliphatic heterocycles. The van der Waals surface area contributed by atoms with Crippen LogP contribution in [0.25, 0.3) is 0 Å². The van der Waals surface area contributed by atoms with Crippen LogP contribution in [0.5, 0.6) is 0 Å². The van der Waals surface area contributed by atoms with Gasteiger partial charge in [0, 0.05) is 39.5 Å². The molecule has 0 bridgehead atoms. The van der Waals surface area contributed by atoms with Gasteiger partial charge in [-0.25, -0.2) is 0 Å². The van der Waals surface area contributed by atoms with E-state index in [0.29, 0.717) is 52.9 Å². The zero-order valence-corrected chi connectivity index (χ0v) is 16.9. The Balaban J connectivity index is 3.60. The Morgan fingerprint density at radius 3 is 1.79 bits per heavy atom. The SMILES string of the molecule is CCO[Si](CCCNCCOCCOCCOC)(OCC)OCC. The molecule has 0 unspecified atom stereocenters. The first-order chi connectivity index (χ1) is 11.7. The lowest BCUT2D eigenvalue weighted by molar-refractivity contribution is 0.0256. The van der Waals surface area contributed by atoms with Crippen LogP contribution in [0.1, 0.15) is 27.2 Å². The minimum absolute atomic E-state index is 0.606. The smallest absolute Gasteiger partial charge is 0.382 e. The van der Waals surface area contributed by atoms with E-state index in [2.05, 4.69) is 5.32 Å². The van der Waals surface area contributed by atoms with Crippen LogP contribution in [0.15, 0.2) is 0 Å². The molecule has 0 rings (SSSR count). The highest BCUT2D eigenvalue weighted by atomic mass is 28.4. The second kappa shape index (κ2) is 17.8. The van der Waals surface area contributed by atoms with Gasteiger partial charge in [0.15, 0.2) is 0 Å². The van der Waals surface area contributed by atoms with Crippen molar-refractivity contribution in [1.82, 2.24) is 5.32 Å². The number of methoxy groups -OCH3 is 1. The summed E-state index contributed by atoms with van der Waals surface area (Å²) in [7, 11) is -0.829. The fraction of sp³-hybridized carbons (Fsp3) is 1.00. The molecular formula is C16H37NO6Si. The van der Waals surface area contributed by atoms with Crippen molar-refractivity contribution >= 4 is 8.80 Å². The summed E-state index contributed by atoms with van der Waals surface area (Å²) in [6, 6.07) is 0.837. The Morgan fingerprint density at radius 1 is 0.708 bits per heavy atom. The van der Waals surface area contributed by atoms with Crippen molar-refractivity contribution in [3.8, 4) is 0 Å². The van der Waals surface area contributed by atoms with Crippen LogP contribution in [0.2, 0.25) is 6.04 Å². The van der Waals surface area contributed by atoms with Gasteiger partial charge in [-0.15, -0.1) is 0 Å². The number of hydrogen-bond acceptors (Lipinski definition) is 7. The molecule has 0 aliphatic rings. The number of ether oxygens (including phenoxy) is 3. The Labute approximate surface area is 148 Å². The molecule has 0 saturated carbocycles. The van der Waals surface area contributed by atoms with Crippen LogP contribution >= 0.6 is 0 Å². The second-order valence-electron chi connectivity index (χ2n) is 5.05. The van der Waals surface area contributed by atoms with E-state index in [9.17, 15) is 0 Å². The molecule has 0 atom stereocenters. The first-order valence-corrected chi connectivity index (χ1v) is 10.9. The summed E-state index contributed by atoms with van der Waals surface area (Å²) in [4.78, 5) is 0. The summed E-state index contributed by atoms with van der Waals surface area (Å²) < 4.78 is 33.2. The second-order valence-corrected chi connectivity index (χ2v) is 7.79. The van der Waals surface area contributed by atoms with Gasteiger partial charge in [-0.3, -0.25) is 0 Å². The van der Waals surface area contributed by atoms with Crippen molar-refractivity contribution in [3.63, 3.8) is 0 Å². The molecule has 0 aromatic rings. The lowest BCUT2D eigenvalue weighted by Gasteiger charge is -2.28. The van der Waals surface area contributed by atoms with Crippen molar-refractivity contribution in [2.75, 3.05) is 73.1 Å². The van der Waals surface area contributed by atoms with Crippen molar-refractivity contribution in [2.45, 2.75) is 33.2 Å². The van der Waals surface area contributed by atoms with E-state index >= 15 is 0 Å². The fourth-order valence-electron chi connectivity index (χ4n) is 2.16. The average molecular weight is 368 g/mol. The Kier molecular flexibility index (Phi) is 17.7. The first kappa shape index (κ1) is 23.9. The summed E-state index contributed by atoms with van der Waals surface area (Å²) in [5, 5.41) is 3.37. The van der Waals surface area contributed by atoms with Crippen LogP contribution in [-0.2, 0) is 27.5 Å². The predicted molar refractivity (Wildman–Crippen MR) is 96.4 cm³/mol. The molecule has 0 saturated heterocycles. The van der Waals surface area contributed by atoms with Crippen molar-refractivity contribution in [1.29, 1.82) is 0 Å². The van der Waals surface area contributed by atoms with Gasteiger partial charge < -0.3 is 32.8 Å². The van der Waals surface area contributed by atoms with E-state index in [1.807, 2.05) is 20.8 Å². The average Bonchev–Trinajstić information content (AvgIpc) is 2.56. The molecule has 0 amide bonds. The van der Waals surface area contributed by atoms with Gasteiger partial charge in [-0.2, -0.15) is 0 Å². The third-order valence-electron chi connectivity index (χ3n) is 3.16. The lowest BCUT2D eigenvalue weighted by atomic mass is 10.5. The fourth-order valence-corrected chi connectivity index (χ4v) is 4.78. The van der Waals surface area contributed by atoms with E-state index in [1.165, 1.54) is 0 Å². The summed E-state index contributed by atoms with van der Waals surface area (Å²) in [5.41, 5.74) is 0. The summed E-state index contributed by atoms with van der Waals surface area (Å²) in [6.07, 6.45) is 0.965. The monoisotopic (exact) mass is 367 g/mol. The summed E-state index contributed by atoms with van der Waals surface area (Å²) in [6.45, 7) is 12.7. The molecule has 0 spiro atoms. The first-order valence-electron chi connectivity index (χ1n) is 9.01. The maximum absolute atomic E-state index is 5.83. The molecule has 8 heteroatoms. The quantitative estimate of drug-likeness (QED) is 0.275. The maximum Gasteiger partial charge on any atom is 0.500 e. The molecule has 7 nitrogen and oxygen atoms in total. The Hall–Kier alpha value is -0.0631. The summed E-state index contributed by atoms with van der Waals surface area (Å²) in [5.74, 6) is 0. The van der Waals surface area contributed by atoms with Gasteiger partial charge in [0.2, 0.25) is 0 Å². The topological polar surface area (TPSA) is 67.4 Å². The highest BCUT2D eigenvalue weighted by Crippen LogP contribution is 2.17. The lowest BCUT2D eigenvalue weighted by Crippen LogP contribution is -2.46. The van der Waals surface area contributed by atoms with Crippen LogP contribution in [0.4, 0.5) is 0 Å². The van der Waals surface area contributed by atoms with Gasteiger partial charge in [0.1, 0.15) is 0 Å². The minimum atomic E-state index is -2.49. The number of nitrogens with one attached hydrogen (secondary N) is 1. The molecule has 0 aromatic carbocycles. The number of hydrogen-bond donors (Lipinski definition) is 1. The van der Waals surface area contributed by atoms with E-state index in [0.717, 1.165) is 25.6 Å². The predicted octanol–water partition coefficient (Wildman–Crippen LogP) is 1.69. The Bertz CT molecular complexity index is 244. The highest BCUT2D eigenvalue weighted by molar-refractivity contribution is 6.60. The molecule has 1 N–H and O–H groups in total. The summed E-state index contributed by atoms with van der Waals surface area (Å²) >= 11 is 0. The van der Waals surface area contributed by atoms with E-state index in [4.69, 9.17) is 27.5 Å². The zero-order valence-electron chi connectivity index (χ0n) is 15.9. The maximum atomic E-state index is 5.83. The molecule has 146 valence electrons. The highest BCUT2D eigenvalue weighted by Gasteiger charge is 2.39. The molecular weight excluding hydrogens is 330 g/mol. The van der Waals surface area contributed by atoms with Crippen molar-refractivity contribution in [2.24, 2.45) is 0 Å². The molecule has 0 aromatic heterocycles. The molecule has 0 heterocycles. The van der Waals surface area contributed by atoms with Crippen LogP contribution in [-0.4, -0.2) is 81.9 Å². The Morgan fingerprint density at radius 2 is 1.25 bits per heavy atom. The van der Waals surface area contributed by atoms with Crippen molar-refractivity contribution in [3.05, 3.63) is 0 Å². The van der Waals surface area contributed by atoms with E-state index in [-0.39, 0.29) is 0 Å². The van der Waals surface area contributed by atoms with Gasteiger partial charge in [0.25, 0.3) is 0 Å². The number of rotatable bonds is 19. The largest absolute Gasteiger partial charge is 0.500 e. The standard InChI is InChI=1S/C16H37NO6Si/c1-5-21-24(22-6-2,23-7-3)16-8-9-17-10-11-19-14-15-20-13-12-18-4/h17H,5-16H2,1-4H3. The normalized spacial score (nSPS) is 12.0.